The lowest BCUT2D eigenvalue weighted by molar-refractivity contribution is 0.629. The molecule has 2 aromatic rings. The summed E-state index contributed by atoms with van der Waals surface area (Å²) >= 11 is 0. The van der Waals surface area contributed by atoms with Crippen molar-refractivity contribution in [3.63, 3.8) is 0 Å². The molecule has 0 bridgehead atoms. The second-order valence-corrected chi connectivity index (χ2v) is 3.65. The Hall–Kier alpha value is -1.35. The standard InChI is InChI=1S/C11H13FN2/c1-7(13)10-6-14(2)11-5-8(12)3-4-9(10)11/h3-7H,13H2,1-2H3/t7-/m1/s1. The lowest BCUT2D eigenvalue weighted by Gasteiger charge is -2.01. The van der Waals surface area contributed by atoms with Crippen molar-refractivity contribution >= 4 is 10.9 Å². The van der Waals surface area contributed by atoms with Crippen molar-refractivity contribution in [3.8, 4) is 0 Å². The first-order valence-corrected chi connectivity index (χ1v) is 4.59. The molecule has 0 amide bonds. The van der Waals surface area contributed by atoms with Crippen LogP contribution in [-0.4, -0.2) is 4.57 Å². The van der Waals surface area contributed by atoms with Gasteiger partial charge in [-0.1, -0.05) is 0 Å². The highest BCUT2D eigenvalue weighted by Gasteiger charge is 2.09. The van der Waals surface area contributed by atoms with E-state index >= 15 is 0 Å². The molecule has 1 aromatic heterocycles. The zero-order valence-electron chi connectivity index (χ0n) is 8.29. The van der Waals surface area contributed by atoms with Crippen molar-refractivity contribution in [3.05, 3.63) is 35.8 Å². The van der Waals surface area contributed by atoms with Crippen LogP contribution in [0.3, 0.4) is 0 Å². The second-order valence-electron chi connectivity index (χ2n) is 3.65. The van der Waals surface area contributed by atoms with E-state index in [-0.39, 0.29) is 11.9 Å². The summed E-state index contributed by atoms with van der Waals surface area (Å²) in [7, 11) is 1.90. The Morgan fingerprint density at radius 1 is 1.43 bits per heavy atom. The van der Waals surface area contributed by atoms with E-state index in [9.17, 15) is 4.39 Å². The molecule has 0 aliphatic carbocycles. The van der Waals surface area contributed by atoms with Gasteiger partial charge in [-0.15, -0.1) is 0 Å². The van der Waals surface area contributed by atoms with Gasteiger partial charge in [-0.2, -0.15) is 0 Å². The van der Waals surface area contributed by atoms with Crippen molar-refractivity contribution < 1.29 is 4.39 Å². The highest BCUT2D eigenvalue weighted by molar-refractivity contribution is 5.84. The summed E-state index contributed by atoms with van der Waals surface area (Å²) in [6, 6.07) is 4.75. The molecule has 14 heavy (non-hydrogen) atoms. The molecule has 0 saturated carbocycles. The van der Waals surface area contributed by atoms with Crippen molar-refractivity contribution in [2.45, 2.75) is 13.0 Å². The van der Waals surface area contributed by atoms with Crippen LogP contribution in [0, 0.1) is 5.82 Å². The molecular weight excluding hydrogens is 179 g/mol. The number of benzene rings is 1. The molecule has 0 unspecified atom stereocenters. The average molecular weight is 192 g/mol. The molecule has 0 saturated heterocycles. The second kappa shape index (κ2) is 3.10. The Morgan fingerprint density at radius 2 is 2.14 bits per heavy atom. The van der Waals surface area contributed by atoms with Gasteiger partial charge in [0, 0.05) is 24.7 Å². The first-order valence-electron chi connectivity index (χ1n) is 4.59. The van der Waals surface area contributed by atoms with Gasteiger partial charge in [0.05, 0.1) is 5.52 Å². The minimum atomic E-state index is -0.213. The van der Waals surface area contributed by atoms with E-state index < -0.39 is 0 Å². The Labute approximate surface area is 82.1 Å². The van der Waals surface area contributed by atoms with Gasteiger partial charge in [0.15, 0.2) is 0 Å². The summed E-state index contributed by atoms with van der Waals surface area (Å²) in [5.41, 5.74) is 7.77. The molecule has 2 N–H and O–H groups in total. The Bertz CT molecular complexity index is 471. The third kappa shape index (κ3) is 1.30. The van der Waals surface area contributed by atoms with E-state index in [4.69, 9.17) is 5.73 Å². The summed E-state index contributed by atoms with van der Waals surface area (Å²) in [6.45, 7) is 1.93. The first kappa shape index (κ1) is 9.21. The third-order valence-electron chi connectivity index (χ3n) is 2.47. The Kier molecular flexibility index (Phi) is 2.04. The van der Waals surface area contributed by atoms with Gasteiger partial charge in [0.1, 0.15) is 5.82 Å². The number of hydrogen-bond acceptors (Lipinski definition) is 1. The Morgan fingerprint density at radius 3 is 2.79 bits per heavy atom. The van der Waals surface area contributed by atoms with E-state index in [2.05, 4.69) is 0 Å². The minimum absolute atomic E-state index is 0.0239. The lowest BCUT2D eigenvalue weighted by Crippen LogP contribution is -2.03. The van der Waals surface area contributed by atoms with Gasteiger partial charge in [-0.3, -0.25) is 0 Å². The summed E-state index contributed by atoms with van der Waals surface area (Å²) in [5, 5.41) is 1.03. The number of aryl methyl sites for hydroxylation is 1. The summed E-state index contributed by atoms with van der Waals surface area (Å²) in [5.74, 6) is -0.213. The van der Waals surface area contributed by atoms with Gasteiger partial charge in [0.2, 0.25) is 0 Å². The number of fused-ring (bicyclic) bond motifs is 1. The number of hydrogen-bond donors (Lipinski definition) is 1. The highest BCUT2D eigenvalue weighted by Crippen LogP contribution is 2.25. The van der Waals surface area contributed by atoms with Crippen molar-refractivity contribution in [2.75, 3.05) is 0 Å². The zero-order valence-corrected chi connectivity index (χ0v) is 8.29. The first-order chi connectivity index (χ1) is 6.59. The SMILES string of the molecule is C[C@@H](N)c1cn(C)c2cc(F)ccc12. The van der Waals surface area contributed by atoms with Crippen LogP contribution in [0.4, 0.5) is 4.39 Å². The van der Waals surface area contributed by atoms with Gasteiger partial charge in [0.25, 0.3) is 0 Å². The number of aromatic nitrogens is 1. The van der Waals surface area contributed by atoms with Gasteiger partial charge in [-0.25, -0.2) is 4.39 Å². The summed E-state index contributed by atoms with van der Waals surface area (Å²) in [4.78, 5) is 0. The van der Waals surface area contributed by atoms with Crippen LogP contribution in [0.15, 0.2) is 24.4 Å². The van der Waals surface area contributed by atoms with E-state index in [1.807, 2.05) is 24.7 Å². The van der Waals surface area contributed by atoms with E-state index in [1.54, 1.807) is 6.07 Å². The van der Waals surface area contributed by atoms with Crippen molar-refractivity contribution in [1.29, 1.82) is 0 Å². The van der Waals surface area contributed by atoms with E-state index in [1.165, 1.54) is 12.1 Å². The molecular formula is C11H13FN2. The fourth-order valence-corrected chi connectivity index (χ4v) is 1.75. The van der Waals surface area contributed by atoms with Crippen LogP contribution >= 0.6 is 0 Å². The maximum Gasteiger partial charge on any atom is 0.125 e. The molecule has 0 aliphatic rings. The smallest absolute Gasteiger partial charge is 0.125 e. The number of rotatable bonds is 1. The normalized spacial score (nSPS) is 13.4. The van der Waals surface area contributed by atoms with Crippen molar-refractivity contribution in [2.24, 2.45) is 12.8 Å². The molecule has 74 valence electrons. The average Bonchev–Trinajstić information content (AvgIpc) is 2.44. The van der Waals surface area contributed by atoms with Gasteiger partial charge >= 0.3 is 0 Å². The van der Waals surface area contributed by atoms with Crippen LogP contribution in [0.5, 0.6) is 0 Å². The van der Waals surface area contributed by atoms with Gasteiger partial charge < -0.3 is 10.3 Å². The van der Waals surface area contributed by atoms with Crippen LogP contribution in [0.2, 0.25) is 0 Å². The van der Waals surface area contributed by atoms with Crippen molar-refractivity contribution in [1.82, 2.24) is 4.57 Å². The fraction of sp³-hybridized carbons (Fsp3) is 0.273. The number of nitrogens with zero attached hydrogens (tertiary/aromatic N) is 1. The minimum Gasteiger partial charge on any atom is -0.350 e. The molecule has 0 radical (unpaired) electrons. The fourth-order valence-electron chi connectivity index (χ4n) is 1.75. The quantitative estimate of drug-likeness (QED) is 0.738. The summed E-state index contributed by atoms with van der Waals surface area (Å²) in [6.07, 6.45) is 1.95. The molecule has 0 aliphatic heterocycles. The van der Waals surface area contributed by atoms with Crippen LogP contribution in [0.25, 0.3) is 10.9 Å². The summed E-state index contributed by atoms with van der Waals surface area (Å²) < 4.78 is 14.9. The number of halogens is 1. The molecule has 0 spiro atoms. The lowest BCUT2D eigenvalue weighted by atomic mass is 10.1. The van der Waals surface area contributed by atoms with Gasteiger partial charge in [-0.05, 0) is 30.7 Å². The largest absolute Gasteiger partial charge is 0.350 e. The molecule has 1 heterocycles. The van der Waals surface area contributed by atoms with Crippen LogP contribution in [-0.2, 0) is 7.05 Å². The zero-order chi connectivity index (χ0) is 10.3. The van der Waals surface area contributed by atoms with Crippen LogP contribution in [0.1, 0.15) is 18.5 Å². The molecule has 1 atom stereocenters. The maximum atomic E-state index is 13.0. The molecule has 0 fully saturated rings. The molecule has 2 nitrogen and oxygen atoms in total. The third-order valence-corrected chi connectivity index (χ3v) is 2.47. The molecule has 3 heteroatoms. The molecule has 2 rings (SSSR count). The monoisotopic (exact) mass is 192 g/mol. The Balaban J connectivity index is 2.77. The van der Waals surface area contributed by atoms with E-state index in [0.29, 0.717) is 0 Å². The topological polar surface area (TPSA) is 30.9 Å². The molecule has 1 aromatic carbocycles. The predicted molar refractivity (Wildman–Crippen MR) is 55.5 cm³/mol. The highest BCUT2D eigenvalue weighted by atomic mass is 19.1. The maximum absolute atomic E-state index is 13.0. The number of nitrogens with two attached hydrogens (primary N) is 1. The predicted octanol–water partition coefficient (Wildman–Crippen LogP) is 2.34. The van der Waals surface area contributed by atoms with E-state index in [0.717, 1.165) is 16.5 Å². The van der Waals surface area contributed by atoms with Crippen LogP contribution < -0.4 is 5.73 Å².